The molecule has 20 rings (SSSR count). The van der Waals surface area contributed by atoms with Crippen LogP contribution in [-0.4, -0.2) is 16.1 Å². The highest BCUT2D eigenvalue weighted by Crippen LogP contribution is 2.52. The predicted molar refractivity (Wildman–Crippen MR) is 509 cm³/mol. The highest BCUT2D eigenvalue weighted by molar-refractivity contribution is 7.20. The predicted octanol–water partition coefficient (Wildman–Crippen LogP) is 25.5. The second kappa shape index (κ2) is 29.4. The Hall–Kier alpha value is -13.4. The lowest BCUT2D eigenvalue weighted by atomic mass is 9.84. The molecule has 0 saturated heterocycles. The molecule has 0 spiro atoms. The first kappa shape index (κ1) is 73.5. The molecule has 0 aliphatic rings. The van der Waals surface area contributed by atoms with E-state index in [1.165, 1.54) is 119 Å². The number of benzene rings is 18. The van der Waals surface area contributed by atoms with Crippen LogP contribution in [0, 0.1) is 41.5 Å². The molecule has 2 heterocycles. The van der Waals surface area contributed by atoms with Crippen LogP contribution in [0.4, 0.5) is 34.1 Å². The summed E-state index contributed by atoms with van der Waals surface area (Å²) in [5.74, 6) is 0.324. The SMILES string of the molecule is Cc1ccc([Si](c2ccc(C)cc2)(c2ccc(C)cc2)c2cccc(-c3ccc(N(c4ccc5c(c4)oc4ccccc45)c4cc(C(C)C)c5ccc6c(N(c7ccc(-c8cccc([Si](c9ccc(C)cc9)(c9ccc(C)cc9)c9ccc(C)cc9)c8)cc7)c7ccc8c(c7)oc7ccccc78)cc(C(C)C)c7ccc4c5c76)cc3)c2)cc1. The van der Waals surface area contributed by atoms with Gasteiger partial charge in [0.1, 0.15) is 22.3 Å². The molecule has 0 N–H and O–H groups in total. The molecule has 0 aliphatic carbocycles. The Morgan fingerprint density at radius 3 is 0.805 bits per heavy atom. The van der Waals surface area contributed by atoms with Gasteiger partial charge in [0.2, 0.25) is 0 Å². The summed E-state index contributed by atoms with van der Waals surface area (Å²) in [6.07, 6.45) is 0. The summed E-state index contributed by atoms with van der Waals surface area (Å²) < 4.78 is 13.7. The minimum atomic E-state index is -2.90. The quantitative estimate of drug-likeness (QED) is 0.0487. The van der Waals surface area contributed by atoms with Gasteiger partial charge in [-0.15, -0.1) is 0 Å². The molecule has 0 unspecified atom stereocenters. The molecular weight excluding hydrogens is 1460 g/mol. The number of rotatable bonds is 18. The number of anilines is 6. The van der Waals surface area contributed by atoms with E-state index in [9.17, 15) is 0 Å². The first-order valence-corrected chi connectivity index (χ1v) is 45.6. The van der Waals surface area contributed by atoms with Gasteiger partial charge in [0.05, 0.1) is 11.4 Å². The lowest BCUT2D eigenvalue weighted by Gasteiger charge is -2.35. The third-order valence-corrected chi connectivity index (χ3v) is 34.9. The number of aryl methyl sites for hydroxylation is 6. The number of hydrogen-bond donors (Lipinski definition) is 0. The third-order valence-electron chi connectivity index (χ3n) is 25.3. The van der Waals surface area contributed by atoms with Crippen molar-refractivity contribution in [1.29, 1.82) is 0 Å². The van der Waals surface area contributed by atoms with E-state index >= 15 is 0 Å². The monoisotopic (exact) mass is 1550 g/mol. The van der Waals surface area contributed by atoms with Gasteiger partial charge in [-0.2, -0.15) is 0 Å². The summed E-state index contributed by atoms with van der Waals surface area (Å²) >= 11 is 0. The zero-order valence-corrected chi connectivity index (χ0v) is 70.5. The smallest absolute Gasteiger partial charge is 0.179 e. The normalized spacial score (nSPS) is 12.1. The number of para-hydroxylation sites is 2. The average Bonchev–Trinajstić information content (AvgIpc) is 1.26. The molecule has 18 aromatic carbocycles. The first-order chi connectivity index (χ1) is 57.5. The maximum atomic E-state index is 6.84. The Bertz CT molecular complexity index is 6540. The van der Waals surface area contributed by atoms with Gasteiger partial charge < -0.3 is 18.6 Å². The highest BCUT2D eigenvalue weighted by Gasteiger charge is 2.44. The van der Waals surface area contributed by atoms with Gasteiger partial charge in [0.15, 0.2) is 16.1 Å². The van der Waals surface area contributed by atoms with Crippen LogP contribution in [0.25, 0.3) is 98.4 Å². The van der Waals surface area contributed by atoms with E-state index in [0.29, 0.717) is 0 Å². The second-order valence-corrected chi connectivity index (χ2v) is 41.1. The molecule has 0 amide bonds. The number of hydrogen-bond acceptors (Lipinski definition) is 4. The van der Waals surface area contributed by atoms with Gasteiger partial charge in [-0.05, 0) is 223 Å². The Kier molecular flexibility index (Phi) is 18.3. The van der Waals surface area contributed by atoms with Crippen LogP contribution in [-0.2, 0) is 0 Å². The van der Waals surface area contributed by atoms with Crippen LogP contribution < -0.4 is 51.3 Å². The lowest BCUT2D eigenvalue weighted by Crippen LogP contribution is -2.74. The molecule has 0 atom stereocenters. The van der Waals surface area contributed by atoms with Gasteiger partial charge in [-0.25, -0.2) is 0 Å². The topological polar surface area (TPSA) is 32.8 Å². The summed E-state index contributed by atoms with van der Waals surface area (Å²) in [6, 6.07) is 139. The number of nitrogens with zero attached hydrogens (tertiary/aromatic N) is 2. The fraction of sp³-hybridized carbons (Fsp3) is 0.107. The summed E-state index contributed by atoms with van der Waals surface area (Å²) in [7, 11) is -5.80. The Labute approximate surface area is 693 Å². The summed E-state index contributed by atoms with van der Waals surface area (Å²) in [4.78, 5) is 5.00. The fourth-order valence-corrected chi connectivity index (χ4v) is 28.6. The van der Waals surface area contributed by atoms with Crippen molar-refractivity contribution in [3.63, 3.8) is 0 Å². The maximum Gasteiger partial charge on any atom is 0.179 e. The maximum absolute atomic E-state index is 6.84. The zero-order chi connectivity index (χ0) is 80.2. The van der Waals surface area contributed by atoms with Crippen molar-refractivity contribution in [2.24, 2.45) is 0 Å². The molecule has 6 heteroatoms. The number of fused-ring (bicyclic) bond motifs is 6. The molecule has 0 fully saturated rings. The van der Waals surface area contributed by atoms with Crippen molar-refractivity contribution in [3.8, 4) is 22.3 Å². The third kappa shape index (κ3) is 12.4. The Balaban J connectivity index is 0.770. The molecule has 4 nitrogen and oxygen atoms in total. The molecule has 0 bridgehead atoms. The van der Waals surface area contributed by atoms with Gasteiger partial charge in [0, 0.05) is 67.2 Å². The fourth-order valence-electron chi connectivity index (χ4n) is 19.2. The molecule has 570 valence electrons. The molecule has 0 radical (unpaired) electrons. The van der Waals surface area contributed by atoms with E-state index in [4.69, 9.17) is 8.83 Å². The first-order valence-electron chi connectivity index (χ1n) is 41.6. The van der Waals surface area contributed by atoms with Gasteiger partial charge in [-0.3, -0.25) is 0 Å². The highest BCUT2D eigenvalue weighted by atomic mass is 28.3. The van der Waals surface area contributed by atoms with Crippen molar-refractivity contribution < 1.29 is 8.83 Å². The van der Waals surface area contributed by atoms with E-state index in [1.54, 1.807) is 0 Å². The van der Waals surface area contributed by atoms with E-state index < -0.39 is 16.1 Å². The Morgan fingerprint density at radius 2 is 0.492 bits per heavy atom. The van der Waals surface area contributed by atoms with E-state index in [1.807, 2.05) is 0 Å². The van der Waals surface area contributed by atoms with Crippen LogP contribution >= 0.6 is 0 Å². The van der Waals surface area contributed by atoms with Crippen LogP contribution in [0.5, 0.6) is 0 Å². The van der Waals surface area contributed by atoms with E-state index in [2.05, 4.69) is 443 Å². The van der Waals surface area contributed by atoms with Crippen molar-refractivity contribution in [2.45, 2.75) is 81.1 Å². The van der Waals surface area contributed by atoms with Crippen LogP contribution in [0.15, 0.2) is 373 Å². The summed E-state index contributed by atoms with van der Waals surface area (Å²) in [5.41, 5.74) is 24.4. The summed E-state index contributed by atoms with van der Waals surface area (Å²) in [5, 5.41) is 22.5. The minimum Gasteiger partial charge on any atom is -0.456 e. The largest absolute Gasteiger partial charge is 0.456 e. The van der Waals surface area contributed by atoms with Crippen molar-refractivity contribution >= 4 is 168 Å². The van der Waals surface area contributed by atoms with Crippen molar-refractivity contribution in [3.05, 3.63) is 408 Å². The van der Waals surface area contributed by atoms with Crippen LogP contribution in [0.3, 0.4) is 0 Å². The standard InChI is InChI=1S/C112H92N2O2Si2/c1-71(2)103-69-105(113(85-45-59-97-95-21-11-13-23-107(95)115-109(97)67-85)83-41-37-79(38-42-83)81-17-15-19-93(65-81)117(87-47-25-73(5)26-48-87,88-49-27-74(6)28-50-88)89-51-29-75(7)30-52-89)101-64-62-100-104(72(3)4)70-106(102-63-61-99(103)111(101)112(100)102)114(86-46-60-98-96-22-12-14-24-108(96)116-110(98)68-86)84-43-39-80(40-44-84)82-18-16-20-94(66-82)118(90-53-31-76(8)32-54-90,91-55-33-77(9)34-56-91)92-57-35-78(10)36-58-92/h11-72H,1-10H3. The Morgan fingerprint density at radius 1 is 0.212 bits per heavy atom. The van der Waals surface area contributed by atoms with E-state index in [0.717, 1.165) is 99.9 Å². The molecule has 118 heavy (non-hydrogen) atoms. The lowest BCUT2D eigenvalue weighted by molar-refractivity contribution is 0.668. The second-order valence-electron chi connectivity index (χ2n) is 33.5. The van der Waals surface area contributed by atoms with Crippen molar-refractivity contribution in [2.75, 3.05) is 9.80 Å². The van der Waals surface area contributed by atoms with Gasteiger partial charge >= 0.3 is 0 Å². The molecular formula is C112H92N2O2Si2. The van der Waals surface area contributed by atoms with Gasteiger partial charge in [-0.1, -0.05) is 340 Å². The van der Waals surface area contributed by atoms with Crippen LogP contribution in [0.2, 0.25) is 0 Å². The molecule has 0 saturated carbocycles. The number of furan rings is 2. The van der Waals surface area contributed by atoms with Crippen LogP contribution in [0.1, 0.15) is 84.0 Å². The minimum absolute atomic E-state index is 0.162. The molecule has 20 aromatic rings. The molecule has 0 aliphatic heterocycles. The van der Waals surface area contributed by atoms with Crippen molar-refractivity contribution in [1.82, 2.24) is 0 Å². The zero-order valence-electron chi connectivity index (χ0n) is 68.5. The average molecular weight is 1550 g/mol. The molecule has 2 aromatic heterocycles. The van der Waals surface area contributed by atoms with Gasteiger partial charge in [0.25, 0.3) is 0 Å². The summed E-state index contributed by atoms with van der Waals surface area (Å²) in [6.45, 7) is 22.6. The van der Waals surface area contributed by atoms with E-state index in [-0.39, 0.29) is 11.8 Å².